The van der Waals surface area contributed by atoms with Crippen LogP contribution in [-0.2, 0) is 10.0 Å². The molecule has 0 spiro atoms. The van der Waals surface area contributed by atoms with E-state index in [1.807, 2.05) is 0 Å². The number of unbranched alkanes of at least 4 members (excludes halogenated alkanes) is 3. The quantitative estimate of drug-likeness (QED) is 0.613. The molecule has 0 aliphatic rings. The first-order chi connectivity index (χ1) is 11.5. The molecule has 0 saturated carbocycles. The molecule has 1 heterocycles. The third-order valence-corrected chi connectivity index (χ3v) is 5.13. The Balaban J connectivity index is 2.42. The van der Waals surface area contributed by atoms with Crippen LogP contribution in [0.25, 0.3) is 0 Å². The van der Waals surface area contributed by atoms with E-state index in [1.165, 1.54) is 25.0 Å². The monoisotopic (exact) mass is 372 g/mol. The molecule has 1 aromatic rings. The molecule has 0 atom stereocenters. The second kappa shape index (κ2) is 9.38. The predicted molar refractivity (Wildman–Crippen MR) is 99.0 cm³/mol. The lowest BCUT2D eigenvalue weighted by Crippen LogP contribution is -2.40. The number of furan rings is 1. The zero-order chi connectivity index (χ0) is 19.1. The van der Waals surface area contributed by atoms with E-state index in [-0.39, 0.29) is 16.8 Å². The molecule has 2 N–H and O–H groups in total. The average Bonchev–Trinajstić information content (AvgIpc) is 2.94. The lowest BCUT2D eigenvalue weighted by Gasteiger charge is -2.18. The summed E-state index contributed by atoms with van der Waals surface area (Å²) in [6, 6.07) is 2.68. The molecule has 0 unspecified atom stereocenters. The van der Waals surface area contributed by atoms with E-state index in [0.717, 1.165) is 25.2 Å². The number of carbonyl (C=O) groups excluding carboxylic acids is 1. The minimum Gasteiger partial charge on any atom is -0.438 e. The molecule has 0 aromatic carbocycles. The van der Waals surface area contributed by atoms with Gasteiger partial charge in [-0.1, -0.05) is 39.5 Å². The van der Waals surface area contributed by atoms with Crippen LogP contribution < -0.4 is 10.0 Å². The van der Waals surface area contributed by atoms with E-state index in [0.29, 0.717) is 6.54 Å². The molecule has 0 bridgehead atoms. The van der Waals surface area contributed by atoms with Crippen molar-refractivity contribution >= 4 is 15.9 Å². The molecule has 0 aliphatic carbocycles. The van der Waals surface area contributed by atoms with Crippen LogP contribution in [0.1, 0.15) is 77.3 Å². The Morgan fingerprint density at radius 1 is 1.12 bits per heavy atom. The van der Waals surface area contributed by atoms with Gasteiger partial charge in [0.1, 0.15) is 0 Å². The summed E-state index contributed by atoms with van der Waals surface area (Å²) in [6.45, 7) is 10.2. The van der Waals surface area contributed by atoms with Crippen LogP contribution in [0.2, 0.25) is 0 Å². The van der Waals surface area contributed by atoms with Gasteiger partial charge < -0.3 is 9.73 Å². The second-order valence-electron chi connectivity index (χ2n) is 7.83. The van der Waals surface area contributed by atoms with Crippen LogP contribution in [0.5, 0.6) is 0 Å². The molecule has 0 fully saturated rings. The fourth-order valence-corrected chi connectivity index (χ4v) is 3.71. The van der Waals surface area contributed by atoms with Crippen molar-refractivity contribution in [3.05, 3.63) is 17.9 Å². The van der Waals surface area contributed by atoms with Crippen LogP contribution >= 0.6 is 0 Å². The highest BCUT2D eigenvalue weighted by Crippen LogP contribution is 2.16. The average molecular weight is 373 g/mol. The van der Waals surface area contributed by atoms with Gasteiger partial charge in [0, 0.05) is 12.1 Å². The third kappa shape index (κ3) is 8.54. The molecule has 6 nitrogen and oxygen atoms in total. The Kier molecular flexibility index (Phi) is 8.15. The van der Waals surface area contributed by atoms with Gasteiger partial charge in [-0.3, -0.25) is 4.79 Å². The first kappa shape index (κ1) is 21.7. The standard InChI is InChI=1S/C18H32N2O4S/c1-14(2)10-8-6-7-9-13-19-17(21)15-11-12-16(24-15)25(22,23)20-18(3,4)5/h11-12,14,20H,6-10,13H2,1-5H3,(H,19,21). The van der Waals surface area contributed by atoms with Gasteiger partial charge in [-0.05, 0) is 45.2 Å². The highest BCUT2D eigenvalue weighted by molar-refractivity contribution is 7.89. The summed E-state index contributed by atoms with van der Waals surface area (Å²) >= 11 is 0. The minimum absolute atomic E-state index is 0.00842. The molecule has 0 radical (unpaired) electrons. The van der Waals surface area contributed by atoms with Gasteiger partial charge in [0.15, 0.2) is 5.76 Å². The fraction of sp³-hybridized carbons (Fsp3) is 0.722. The van der Waals surface area contributed by atoms with Crippen molar-refractivity contribution in [1.29, 1.82) is 0 Å². The van der Waals surface area contributed by atoms with Gasteiger partial charge in [-0.2, -0.15) is 0 Å². The van der Waals surface area contributed by atoms with Crippen molar-refractivity contribution in [3.63, 3.8) is 0 Å². The van der Waals surface area contributed by atoms with Crippen LogP contribution in [0.15, 0.2) is 21.6 Å². The van der Waals surface area contributed by atoms with Crippen molar-refractivity contribution in [1.82, 2.24) is 10.0 Å². The highest BCUT2D eigenvalue weighted by Gasteiger charge is 2.26. The SMILES string of the molecule is CC(C)CCCCCCNC(=O)c1ccc(S(=O)(=O)NC(C)(C)C)o1. The van der Waals surface area contributed by atoms with Crippen LogP contribution in [0, 0.1) is 5.92 Å². The number of sulfonamides is 1. The molecule has 1 rings (SSSR count). The van der Waals surface area contributed by atoms with E-state index in [1.54, 1.807) is 20.8 Å². The Labute approximate surface area is 151 Å². The van der Waals surface area contributed by atoms with Gasteiger partial charge in [0.25, 0.3) is 15.9 Å². The number of hydrogen-bond acceptors (Lipinski definition) is 4. The van der Waals surface area contributed by atoms with E-state index < -0.39 is 15.6 Å². The lowest BCUT2D eigenvalue weighted by molar-refractivity contribution is 0.0920. The number of nitrogens with one attached hydrogen (secondary N) is 2. The Bertz CT molecular complexity index is 642. The highest BCUT2D eigenvalue weighted by atomic mass is 32.2. The number of carbonyl (C=O) groups is 1. The Morgan fingerprint density at radius 2 is 1.76 bits per heavy atom. The van der Waals surface area contributed by atoms with Crippen molar-refractivity contribution in [2.45, 2.75) is 77.4 Å². The van der Waals surface area contributed by atoms with Crippen molar-refractivity contribution in [3.8, 4) is 0 Å². The van der Waals surface area contributed by atoms with Gasteiger partial charge in [0.05, 0.1) is 0 Å². The number of amides is 1. The Morgan fingerprint density at radius 3 is 2.36 bits per heavy atom. The molecular weight excluding hydrogens is 340 g/mol. The maximum absolute atomic E-state index is 12.2. The molecule has 1 aromatic heterocycles. The largest absolute Gasteiger partial charge is 0.438 e. The molecule has 0 aliphatic heterocycles. The topological polar surface area (TPSA) is 88.4 Å². The second-order valence-corrected chi connectivity index (χ2v) is 9.44. The van der Waals surface area contributed by atoms with Crippen molar-refractivity contribution in [2.75, 3.05) is 6.54 Å². The van der Waals surface area contributed by atoms with Crippen LogP contribution in [-0.4, -0.2) is 26.4 Å². The van der Waals surface area contributed by atoms with Crippen molar-refractivity contribution in [2.24, 2.45) is 5.92 Å². The minimum atomic E-state index is -3.77. The zero-order valence-electron chi connectivity index (χ0n) is 16.0. The summed E-state index contributed by atoms with van der Waals surface area (Å²) in [4.78, 5) is 12.0. The number of hydrogen-bond donors (Lipinski definition) is 2. The molecule has 144 valence electrons. The van der Waals surface area contributed by atoms with Crippen molar-refractivity contribution < 1.29 is 17.6 Å². The first-order valence-corrected chi connectivity index (χ1v) is 10.4. The fourth-order valence-electron chi connectivity index (χ4n) is 2.36. The smallest absolute Gasteiger partial charge is 0.287 e. The summed E-state index contributed by atoms with van der Waals surface area (Å²) in [5.74, 6) is 0.352. The van der Waals surface area contributed by atoms with E-state index in [2.05, 4.69) is 23.9 Å². The summed E-state index contributed by atoms with van der Waals surface area (Å²) in [7, 11) is -3.77. The molecule has 7 heteroatoms. The van der Waals surface area contributed by atoms with E-state index in [4.69, 9.17) is 4.42 Å². The van der Waals surface area contributed by atoms with Gasteiger partial charge in [-0.25, -0.2) is 13.1 Å². The van der Waals surface area contributed by atoms with Crippen LogP contribution in [0.4, 0.5) is 0 Å². The molecular formula is C18H32N2O4S. The van der Waals surface area contributed by atoms with E-state index in [9.17, 15) is 13.2 Å². The molecule has 1 amide bonds. The van der Waals surface area contributed by atoms with Gasteiger partial charge >= 0.3 is 0 Å². The first-order valence-electron chi connectivity index (χ1n) is 8.93. The summed E-state index contributed by atoms with van der Waals surface area (Å²) < 4.78 is 32.0. The lowest BCUT2D eigenvalue weighted by atomic mass is 10.0. The summed E-state index contributed by atoms with van der Waals surface area (Å²) in [6.07, 6.45) is 5.58. The predicted octanol–water partition coefficient (Wildman–Crippen LogP) is 3.69. The van der Waals surface area contributed by atoms with E-state index >= 15 is 0 Å². The summed E-state index contributed by atoms with van der Waals surface area (Å²) in [5.41, 5.74) is -0.621. The Hall–Kier alpha value is -1.34. The maximum atomic E-state index is 12.2. The third-order valence-electron chi connectivity index (χ3n) is 3.50. The van der Waals surface area contributed by atoms with Gasteiger partial charge in [-0.15, -0.1) is 0 Å². The normalized spacial score (nSPS) is 12.6. The summed E-state index contributed by atoms with van der Waals surface area (Å²) in [5, 5.41) is 2.51. The van der Waals surface area contributed by atoms with Gasteiger partial charge in [0.2, 0.25) is 5.09 Å². The maximum Gasteiger partial charge on any atom is 0.287 e. The van der Waals surface area contributed by atoms with Crippen LogP contribution in [0.3, 0.4) is 0 Å². The number of rotatable bonds is 10. The zero-order valence-corrected chi connectivity index (χ0v) is 16.8. The molecule has 25 heavy (non-hydrogen) atoms. The molecule has 0 saturated heterocycles.